The van der Waals surface area contributed by atoms with E-state index in [-0.39, 0.29) is 31.7 Å². The number of rotatable bonds is 12. The zero-order chi connectivity index (χ0) is 36.8. The van der Waals surface area contributed by atoms with Gasteiger partial charge in [0.1, 0.15) is 24.1 Å². The van der Waals surface area contributed by atoms with Gasteiger partial charge < -0.3 is 20.3 Å². The number of carbonyl (C=O) groups is 3. The first kappa shape index (κ1) is 36.5. The summed E-state index contributed by atoms with van der Waals surface area (Å²) in [7, 11) is 0. The van der Waals surface area contributed by atoms with Crippen molar-refractivity contribution in [2.45, 2.75) is 96.4 Å². The molecule has 3 unspecified atom stereocenters. The summed E-state index contributed by atoms with van der Waals surface area (Å²) in [6.07, 6.45) is 4.33. The lowest BCUT2D eigenvalue weighted by atomic mass is 9.79. The van der Waals surface area contributed by atoms with Crippen LogP contribution in [-0.2, 0) is 14.4 Å². The van der Waals surface area contributed by atoms with E-state index in [0.717, 1.165) is 43.3 Å². The molecule has 2 saturated heterocycles. The van der Waals surface area contributed by atoms with Crippen LogP contribution in [-0.4, -0.2) is 86.7 Å². The lowest BCUT2D eigenvalue weighted by Gasteiger charge is -2.52. The number of ether oxygens (including phenoxy) is 2. The average Bonchev–Trinajstić information content (AvgIpc) is 3.77. The number of carbonyl (C=O) groups excluding carboxylic acids is 2. The molecule has 51 heavy (non-hydrogen) atoms. The number of hydrogen-bond donors (Lipinski definition) is 2. The van der Waals surface area contributed by atoms with E-state index in [1.54, 1.807) is 6.08 Å². The van der Waals surface area contributed by atoms with E-state index in [1.807, 2.05) is 89.2 Å². The second-order valence-corrected chi connectivity index (χ2v) is 15.6. The monoisotopic (exact) mass is 697 g/mol. The fourth-order valence-electron chi connectivity index (χ4n) is 9.40. The molecule has 0 spiro atoms. The standard InChI is InChI=1S/C41H52N4O6/c1-7-28-24-41(28,38(48)49)45(36(46)35(39(4,5)6)44-20-14-11-15-21-44)26-30(25-40(45,8-2)37(42)47)51-34-23-32(27-16-12-10-13-17-27)43-33-22-29(50-9-3)18-19-31(33)34/h7,10,12-13,16-19,22-23,28,30,35H,1,8-9,11,14-15,20-21,24-26H2,2-6H3,(H2-,42,47,48,49)/p+1/t28?,30-,35-,40+,41?,45?/m1/s1. The minimum Gasteiger partial charge on any atom is -0.494 e. The molecule has 3 N–H and O–H groups in total. The Morgan fingerprint density at radius 1 is 1.08 bits per heavy atom. The highest BCUT2D eigenvalue weighted by Gasteiger charge is 2.85. The van der Waals surface area contributed by atoms with Crippen LogP contribution >= 0.6 is 0 Å². The Labute approximate surface area is 301 Å². The van der Waals surface area contributed by atoms with Crippen molar-refractivity contribution < 1.29 is 33.4 Å². The second kappa shape index (κ2) is 13.7. The fraction of sp³-hybridized carbons (Fsp3) is 0.512. The van der Waals surface area contributed by atoms with Crippen molar-refractivity contribution in [2.24, 2.45) is 17.1 Å². The Balaban J connectivity index is 1.54. The summed E-state index contributed by atoms with van der Waals surface area (Å²) in [5.41, 5.74) is 4.97. The normalized spacial score (nSPS) is 28.6. The molecule has 3 aromatic rings. The van der Waals surface area contributed by atoms with Crippen LogP contribution in [0.3, 0.4) is 0 Å². The SMILES string of the molecule is C=CC1CC1(C(=O)O)[N+]1(C(=O)[C@@H](N2CCCCC2)C(C)(C)C)C[C@H](Oc2cc(-c3ccccc3)nc3cc(OCC)ccc23)C[C@@]1(CC)C(N)=O. The number of fused-ring (bicyclic) bond motifs is 1. The van der Waals surface area contributed by atoms with Crippen molar-refractivity contribution in [1.29, 1.82) is 0 Å². The minimum atomic E-state index is -1.61. The van der Waals surface area contributed by atoms with Gasteiger partial charge in [-0.15, -0.1) is 6.58 Å². The molecule has 2 aliphatic heterocycles. The molecule has 1 aromatic heterocycles. The number of quaternary nitrogens is 1. The van der Waals surface area contributed by atoms with Gasteiger partial charge in [-0.05, 0) is 50.4 Å². The molecule has 6 atom stereocenters. The van der Waals surface area contributed by atoms with Crippen molar-refractivity contribution in [3.05, 3.63) is 67.3 Å². The van der Waals surface area contributed by atoms with Gasteiger partial charge in [-0.2, -0.15) is 0 Å². The van der Waals surface area contributed by atoms with Crippen LogP contribution in [0.4, 0.5) is 0 Å². The van der Waals surface area contributed by atoms with Gasteiger partial charge in [0.15, 0.2) is 11.6 Å². The van der Waals surface area contributed by atoms with Crippen LogP contribution in [0.1, 0.15) is 73.1 Å². The predicted molar refractivity (Wildman–Crippen MR) is 197 cm³/mol. The lowest BCUT2D eigenvalue weighted by molar-refractivity contribution is -0.912. The number of nitrogens with two attached hydrogens (primary N) is 1. The highest BCUT2D eigenvalue weighted by molar-refractivity contribution is 5.93. The summed E-state index contributed by atoms with van der Waals surface area (Å²) >= 11 is 0. The number of carboxylic acids is 1. The maximum absolute atomic E-state index is 15.8. The van der Waals surface area contributed by atoms with Gasteiger partial charge in [-0.25, -0.2) is 19.1 Å². The van der Waals surface area contributed by atoms with Crippen molar-refractivity contribution in [3.63, 3.8) is 0 Å². The molecule has 2 aromatic carbocycles. The highest BCUT2D eigenvalue weighted by Crippen LogP contribution is 2.62. The van der Waals surface area contributed by atoms with E-state index in [2.05, 4.69) is 11.5 Å². The van der Waals surface area contributed by atoms with Crippen molar-refractivity contribution in [3.8, 4) is 22.8 Å². The zero-order valence-corrected chi connectivity index (χ0v) is 30.7. The van der Waals surface area contributed by atoms with E-state index in [4.69, 9.17) is 20.2 Å². The molecule has 3 aliphatic rings. The van der Waals surface area contributed by atoms with Crippen LogP contribution in [0.2, 0.25) is 0 Å². The number of hydrogen-bond acceptors (Lipinski definition) is 7. The maximum Gasteiger partial charge on any atom is 0.366 e. The summed E-state index contributed by atoms with van der Waals surface area (Å²) in [6, 6.07) is 16.7. The summed E-state index contributed by atoms with van der Waals surface area (Å²) in [5, 5.41) is 11.9. The largest absolute Gasteiger partial charge is 0.494 e. The number of likely N-dealkylation sites (tertiary alicyclic amines) is 2. The first-order valence-electron chi connectivity index (χ1n) is 18.4. The quantitative estimate of drug-likeness (QED) is 0.165. The number of aromatic nitrogens is 1. The van der Waals surface area contributed by atoms with E-state index in [0.29, 0.717) is 29.3 Å². The topological polar surface area (TPSA) is 132 Å². The molecule has 10 nitrogen and oxygen atoms in total. The van der Waals surface area contributed by atoms with Gasteiger partial charge >= 0.3 is 11.9 Å². The number of benzene rings is 2. The number of amides is 2. The third-order valence-corrected chi connectivity index (χ3v) is 11.7. The molecule has 6 rings (SSSR count). The second-order valence-electron chi connectivity index (χ2n) is 15.6. The first-order valence-corrected chi connectivity index (χ1v) is 18.4. The third kappa shape index (κ3) is 5.90. The smallest absolute Gasteiger partial charge is 0.366 e. The lowest BCUT2D eigenvalue weighted by Crippen LogP contribution is -2.79. The minimum absolute atomic E-state index is 0.0197. The van der Waals surface area contributed by atoms with Crippen molar-refractivity contribution >= 4 is 28.7 Å². The van der Waals surface area contributed by atoms with E-state index < -0.39 is 50.9 Å². The molecular formula is C41H53N4O6+. The molecule has 10 heteroatoms. The van der Waals surface area contributed by atoms with E-state index in [9.17, 15) is 14.7 Å². The van der Waals surface area contributed by atoms with Gasteiger partial charge in [0, 0.05) is 35.9 Å². The zero-order valence-electron chi connectivity index (χ0n) is 30.7. The predicted octanol–water partition coefficient (Wildman–Crippen LogP) is 6.36. The molecule has 2 amide bonds. The van der Waals surface area contributed by atoms with E-state index >= 15 is 4.79 Å². The molecule has 0 radical (unpaired) electrons. The third-order valence-electron chi connectivity index (χ3n) is 11.7. The summed E-state index contributed by atoms with van der Waals surface area (Å²) in [4.78, 5) is 50.8. The number of nitrogens with zero attached hydrogens (tertiary/aromatic N) is 3. The van der Waals surface area contributed by atoms with Crippen LogP contribution in [0.5, 0.6) is 11.5 Å². The van der Waals surface area contributed by atoms with Gasteiger partial charge in [0.2, 0.25) is 5.54 Å². The van der Waals surface area contributed by atoms with Gasteiger partial charge in [-0.1, -0.05) is 70.5 Å². The highest BCUT2D eigenvalue weighted by atomic mass is 16.5. The molecule has 0 bridgehead atoms. The number of carboxylic acid groups (broad SMARTS) is 1. The Bertz CT molecular complexity index is 1820. The number of primary amides is 1. The Kier molecular flexibility index (Phi) is 9.80. The van der Waals surface area contributed by atoms with Crippen LogP contribution in [0.15, 0.2) is 67.3 Å². The van der Waals surface area contributed by atoms with Crippen LogP contribution < -0.4 is 15.2 Å². The van der Waals surface area contributed by atoms with Crippen LogP contribution in [0, 0.1) is 11.3 Å². The molecule has 1 saturated carbocycles. The van der Waals surface area contributed by atoms with E-state index in [1.165, 1.54) is 0 Å². The Morgan fingerprint density at radius 3 is 2.35 bits per heavy atom. The molecule has 272 valence electrons. The van der Waals surface area contributed by atoms with Gasteiger partial charge in [0.05, 0.1) is 30.2 Å². The molecule has 3 fully saturated rings. The summed E-state index contributed by atoms with van der Waals surface area (Å²) in [5.74, 6) is -1.39. The maximum atomic E-state index is 15.8. The molecular weight excluding hydrogens is 644 g/mol. The Hall–Kier alpha value is -4.28. The van der Waals surface area contributed by atoms with Gasteiger partial charge in [0.25, 0.3) is 5.91 Å². The van der Waals surface area contributed by atoms with Crippen LogP contribution in [0.25, 0.3) is 22.2 Å². The molecule has 1 aliphatic carbocycles. The fourth-order valence-corrected chi connectivity index (χ4v) is 9.40. The van der Waals surface area contributed by atoms with Crippen molar-refractivity contribution in [1.82, 2.24) is 9.88 Å². The number of aliphatic carboxylic acids is 1. The van der Waals surface area contributed by atoms with Gasteiger partial charge in [-0.3, -0.25) is 9.69 Å². The number of pyridine rings is 1. The Morgan fingerprint density at radius 2 is 1.78 bits per heavy atom. The summed E-state index contributed by atoms with van der Waals surface area (Å²) in [6.45, 7) is 15.8. The summed E-state index contributed by atoms with van der Waals surface area (Å²) < 4.78 is 12.2. The average molecular weight is 698 g/mol. The van der Waals surface area contributed by atoms with Crippen molar-refractivity contribution in [2.75, 3.05) is 26.2 Å². The number of piperidine rings is 1. The first-order chi connectivity index (χ1) is 24.3. The molecule has 3 heterocycles.